The number of hydrogen-bond acceptors (Lipinski definition) is 4. The van der Waals surface area contributed by atoms with Crippen LogP contribution < -0.4 is 5.32 Å². The van der Waals surface area contributed by atoms with E-state index in [4.69, 9.17) is 5.11 Å². The molecule has 2 rings (SSSR count). The number of carbonyl (C=O) groups excluding carboxylic acids is 1. The van der Waals surface area contributed by atoms with Crippen molar-refractivity contribution in [3.8, 4) is 0 Å². The molecule has 0 saturated carbocycles. The zero-order valence-electron chi connectivity index (χ0n) is 10.1. The van der Waals surface area contributed by atoms with Gasteiger partial charge in [0, 0.05) is 11.0 Å². The van der Waals surface area contributed by atoms with Crippen LogP contribution >= 0.6 is 11.8 Å². The molecule has 0 saturated heterocycles. The van der Waals surface area contributed by atoms with Gasteiger partial charge in [-0.15, -0.1) is 11.8 Å². The summed E-state index contributed by atoms with van der Waals surface area (Å²) in [4.78, 5) is 22.6. The Morgan fingerprint density at radius 1 is 1.40 bits per heavy atom. The summed E-state index contributed by atoms with van der Waals surface area (Å²) < 4.78 is 13.3. The largest absolute Gasteiger partial charge is 0.477 e. The molecule has 0 aliphatic heterocycles. The number of carboxylic acids is 1. The zero-order valence-corrected chi connectivity index (χ0v) is 10.9. The fourth-order valence-electron chi connectivity index (χ4n) is 1.38. The highest BCUT2D eigenvalue weighted by Crippen LogP contribution is 2.21. The molecule has 6 nitrogen and oxygen atoms in total. The molecule has 0 fully saturated rings. The molecular formula is C12H10FN3O3S. The van der Waals surface area contributed by atoms with Crippen LogP contribution in [0.3, 0.4) is 0 Å². The minimum atomic E-state index is -1.17. The summed E-state index contributed by atoms with van der Waals surface area (Å²) >= 11 is 1.05. The Morgan fingerprint density at radius 3 is 2.80 bits per heavy atom. The van der Waals surface area contributed by atoms with E-state index in [1.54, 1.807) is 18.2 Å². The van der Waals surface area contributed by atoms with Crippen molar-refractivity contribution < 1.29 is 19.1 Å². The normalized spacial score (nSPS) is 10.2. The monoisotopic (exact) mass is 295 g/mol. The molecule has 2 aromatic rings. The van der Waals surface area contributed by atoms with Gasteiger partial charge in [0.25, 0.3) is 0 Å². The van der Waals surface area contributed by atoms with Crippen molar-refractivity contribution >= 4 is 29.5 Å². The first kappa shape index (κ1) is 14.1. The first-order valence-electron chi connectivity index (χ1n) is 5.52. The van der Waals surface area contributed by atoms with Gasteiger partial charge < -0.3 is 10.4 Å². The molecule has 1 amide bonds. The van der Waals surface area contributed by atoms with Gasteiger partial charge in [-0.2, -0.15) is 5.10 Å². The van der Waals surface area contributed by atoms with E-state index in [0.29, 0.717) is 4.90 Å². The number of carboxylic acid groups (broad SMARTS) is 1. The van der Waals surface area contributed by atoms with E-state index in [-0.39, 0.29) is 17.3 Å². The van der Waals surface area contributed by atoms with E-state index in [2.05, 4.69) is 15.5 Å². The van der Waals surface area contributed by atoms with Gasteiger partial charge >= 0.3 is 5.97 Å². The number of benzene rings is 1. The van der Waals surface area contributed by atoms with Gasteiger partial charge in [-0.05, 0) is 12.1 Å². The zero-order chi connectivity index (χ0) is 14.5. The van der Waals surface area contributed by atoms with E-state index >= 15 is 0 Å². The van der Waals surface area contributed by atoms with Gasteiger partial charge in [0.1, 0.15) is 11.5 Å². The van der Waals surface area contributed by atoms with Crippen LogP contribution in [0.2, 0.25) is 0 Å². The molecule has 1 aromatic carbocycles. The fourth-order valence-corrected chi connectivity index (χ4v) is 2.12. The van der Waals surface area contributed by atoms with Crippen molar-refractivity contribution in [2.75, 3.05) is 11.1 Å². The topological polar surface area (TPSA) is 95.1 Å². The van der Waals surface area contributed by atoms with Crippen LogP contribution in [-0.2, 0) is 4.79 Å². The molecule has 0 bridgehead atoms. The summed E-state index contributed by atoms with van der Waals surface area (Å²) in [5.74, 6) is -1.85. The van der Waals surface area contributed by atoms with Crippen molar-refractivity contribution in [3.63, 3.8) is 0 Å². The van der Waals surface area contributed by atoms with Crippen LogP contribution in [-0.4, -0.2) is 32.9 Å². The number of nitrogens with zero attached hydrogens (tertiary/aromatic N) is 1. The molecule has 3 N–H and O–H groups in total. The summed E-state index contributed by atoms with van der Waals surface area (Å²) in [6.07, 6.45) is 0. The van der Waals surface area contributed by atoms with E-state index in [1.807, 2.05) is 0 Å². The highest BCUT2D eigenvalue weighted by atomic mass is 32.2. The van der Waals surface area contributed by atoms with Crippen LogP contribution in [0, 0.1) is 5.82 Å². The Bertz CT molecular complexity index is 644. The summed E-state index contributed by atoms with van der Waals surface area (Å²) in [6, 6.07) is 7.33. The molecule has 0 radical (unpaired) electrons. The minimum Gasteiger partial charge on any atom is -0.477 e. The van der Waals surface area contributed by atoms with E-state index in [1.165, 1.54) is 12.1 Å². The average Bonchev–Trinajstić information content (AvgIpc) is 2.86. The van der Waals surface area contributed by atoms with Gasteiger partial charge in [0.15, 0.2) is 5.82 Å². The van der Waals surface area contributed by atoms with Crippen LogP contribution in [0.15, 0.2) is 35.2 Å². The van der Waals surface area contributed by atoms with Crippen LogP contribution in [0.1, 0.15) is 10.5 Å². The predicted octanol–water partition coefficient (Wildman–Crippen LogP) is 1.98. The lowest BCUT2D eigenvalue weighted by molar-refractivity contribution is -0.113. The lowest BCUT2D eigenvalue weighted by Crippen LogP contribution is -2.14. The molecular weight excluding hydrogens is 285 g/mol. The predicted molar refractivity (Wildman–Crippen MR) is 71.3 cm³/mol. The van der Waals surface area contributed by atoms with Gasteiger partial charge in [-0.3, -0.25) is 9.89 Å². The fraction of sp³-hybridized carbons (Fsp3) is 0.0833. The molecule has 0 aliphatic carbocycles. The third-order valence-corrected chi connectivity index (χ3v) is 3.32. The second-order valence-electron chi connectivity index (χ2n) is 3.74. The number of hydrogen-bond donors (Lipinski definition) is 3. The molecule has 0 spiro atoms. The number of carbonyl (C=O) groups is 2. The standard InChI is InChI=1S/C12H10FN3O3S/c13-7-3-1-2-4-9(7)20-6-11(17)14-10-5-8(12(18)19)15-16-10/h1-5H,6H2,(H,18,19)(H2,14,15,16,17). The van der Waals surface area contributed by atoms with E-state index in [0.717, 1.165) is 11.8 Å². The highest BCUT2D eigenvalue weighted by Gasteiger charge is 2.11. The Kier molecular flexibility index (Phi) is 4.36. The number of anilines is 1. The molecule has 0 atom stereocenters. The van der Waals surface area contributed by atoms with Crippen LogP contribution in [0.4, 0.5) is 10.2 Å². The van der Waals surface area contributed by atoms with Gasteiger partial charge in [0.05, 0.1) is 5.75 Å². The van der Waals surface area contributed by atoms with Crippen molar-refractivity contribution in [1.29, 1.82) is 0 Å². The maximum Gasteiger partial charge on any atom is 0.353 e. The van der Waals surface area contributed by atoms with Crippen molar-refractivity contribution in [3.05, 3.63) is 41.8 Å². The Balaban J connectivity index is 1.89. The van der Waals surface area contributed by atoms with Gasteiger partial charge in [0.2, 0.25) is 5.91 Å². The van der Waals surface area contributed by atoms with E-state index in [9.17, 15) is 14.0 Å². The third-order valence-electron chi connectivity index (χ3n) is 2.27. The van der Waals surface area contributed by atoms with Gasteiger partial charge in [-0.1, -0.05) is 12.1 Å². The lowest BCUT2D eigenvalue weighted by Gasteiger charge is -2.03. The third kappa shape index (κ3) is 3.58. The number of halogens is 1. The summed E-state index contributed by atoms with van der Waals surface area (Å²) in [7, 11) is 0. The quantitative estimate of drug-likeness (QED) is 0.733. The average molecular weight is 295 g/mol. The molecule has 0 aliphatic rings. The first-order valence-corrected chi connectivity index (χ1v) is 6.50. The molecule has 8 heteroatoms. The van der Waals surface area contributed by atoms with Crippen LogP contribution in [0.5, 0.6) is 0 Å². The Labute approximate surface area is 117 Å². The number of amides is 1. The molecule has 20 heavy (non-hydrogen) atoms. The number of aromatic amines is 1. The van der Waals surface area contributed by atoms with Crippen molar-refractivity contribution in [2.45, 2.75) is 4.90 Å². The molecule has 1 aromatic heterocycles. The smallest absolute Gasteiger partial charge is 0.353 e. The number of H-pyrrole nitrogens is 1. The summed E-state index contributed by atoms with van der Waals surface area (Å²) in [5.41, 5.74) is -0.123. The van der Waals surface area contributed by atoms with Crippen LogP contribution in [0.25, 0.3) is 0 Å². The number of thioether (sulfide) groups is 1. The number of rotatable bonds is 5. The number of nitrogens with one attached hydrogen (secondary N) is 2. The SMILES string of the molecule is O=C(CSc1ccccc1F)Nc1cc(C(=O)O)[nH]n1. The van der Waals surface area contributed by atoms with E-state index < -0.39 is 17.7 Å². The minimum absolute atomic E-state index is 0.00377. The second-order valence-corrected chi connectivity index (χ2v) is 4.76. The summed E-state index contributed by atoms with van der Waals surface area (Å²) in [5, 5.41) is 17.0. The lowest BCUT2D eigenvalue weighted by atomic mass is 10.3. The maximum atomic E-state index is 13.3. The second kappa shape index (κ2) is 6.20. The number of aromatic nitrogens is 2. The summed E-state index contributed by atoms with van der Waals surface area (Å²) in [6.45, 7) is 0. The Morgan fingerprint density at radius 2 is 2.15 bits per heavy atom. The molecule has 104 valence electrons. The number of aromatic carboxylic acids is 1. The van der Waals surface area contributed by atoms with Crippen molar-refractivity contribution in [2.24, 2.45) is 0 Å². The first-order chi connectivity index (χ1) is 9.56. The van der Waals surface area contributed by atoms with Crippen molar-refractivity contribution in [1.82, 2.24) is 10.2 Å². The Hall–Kier alpha value is -2.35. The maximum absolute atomic E-state index is 13.3. The van der Waals surface area contributed by atoms with Gasteiger partial charge in [-0.25, -0.2) is 9.18 Å². The highest BCUT2D eigenvalue weighted by molar-refractivity contribution is 8.00. The molecule has 1 heterocycles. The molecule has 0 unspecified atom stereocenters.